The zero-order valence-corrected chi connectivity index (χ0v) is 22.5. The molecule has 2 aliphatic carbocycles. The van der Waals surface area contributed by atoms with Crippen LogP contribution in [0, 0.1) is 0 Å². The van der Waals surface area contributed by atoms with Crippen molar-refractivity contribution >= 4 is 36.2 Å². The number of benzene rings is 4. The molecule has 0 bridgehead atoms. The molecule has 2 unspecified atom stereocenters. The Bertz CT molecular complexity index is 1450. The minimum atomic E-state index is -2.45. The van der Waals surface area contributed by atoms with Gasteiger partial charge in [0.2, 0.25) is 0 Å². The summed E-state index contributed by atoms with van der Waals surface area (Å²) >= 11 is -2.45. The van der Waals surface area contributed by atoms with Gasteiger partial charge in [-0.3, -0.25) is 0 Å². The van der Waals surface area contributed by atoms with Crippen molar-refractivity contribution in [2.45, 2.75) is 40.8 Å². The molecule has 0 spiro atoms. The fraction of sp³-hybridized carbons (Fsp3) is 0.212. The van der Waals surface area contributed by atoms with Gasteiger partial charge in [0.05, 0.1) is 0 Å². The van der Waals surface area contributed by atoms with Gasteiger partial charge in [-0.05, 0) is 0 Å². The van der Waals surface area contributed by atoms with E-state index in [0.29, 0.717) is 9.50 Å². The Kier molecular flexibility index (Phi) is 5.38. The second kappa shape index (κ2) is 8.43. The average Bonchev–Trinajstić information content (AvgIpc) is 3.47. The summed E-state index contributed by atoms with van der Waals surface area (Å²) in [4.78, 5) is 0. The summed E-state index contributed by atoms with van der Waals surface area (Å²) in [6.45, 7) is 7.38. The number of hydrogen-bond donors (Lipinski definition) is 0. The summed E-state index contributed by atoms with van der Waals surface area (Å²) in [6, 6.07) is 31.7. The average molecular weight is 501 g/mol. The van der Waals surface area contributed by atoms with Crippen LogP contribution in [-0.2, 0) is 0 Å². The van der Waals surface area contributed by atoms with Crippen molar-refractivity contribution < 1.29 is 0 Å². The van der Waals surface area contributed by atoms with Crippen LogP contribution in [0.15, 0.2) is 96.6 Å². The topological polar surface area (TPSA) is 0 Å². The predicted octanol–water partition coefficient (Wildman–Crippen LogP) is 9.38. The molecule has 0 aliphatic heterocycles. The predicted molar refractivity (Wildman–Crippen MR) is 151 cm³/mol. The zero-order valence-electron chi connectivity index (χ0n) is 20.4. The summed E-state index contributed by atoms with van der Waals surface area (Å²) < 4.78 is 1.24. The first kappa shape index (κ1) is 21.7. The second-order valence-corrected chi connectivity index (χ2v) is 20.7. The van der Waals surface area contributed by atoms with E-state index in [0.717, 1.165) is 0 Å². The van der Waals surface area contributed by atoms with Gasteiger partial charge in [-0.25, -0.2) is 0 Å². The van der Waals surface area contributed by atoms with Crippen molar-refractivity contribution in [2.75, 3.05) is 0 Å². The fourth-order valence-corrected chi connectivity index (χ4v) is 19.2. The van der Waals surface area contributed by atoms with Gasteiger partial charge in [-0.2, -0.15) is 0 Å². The van der Waals surface area contributed by atoms with E-state index in [-0.39, 0.29) is 0 Å². The maximum absolute atomic E-state index is 2.57. The third-order valence-electron chi connectivity index (χ3n) is 8.67. The molecule has 0 aromatic heterocycles. The molecule has 0 nitrogen and oxygen atoms in total. The molecule has 4 aromatic carbocycles. The van der Waals surface area contributed by atoms with Crippen molar-refractivity contribution in [1.29, 1.82) is 0 Å². The first-order valence-corrected chi connectivity index (χ1v) is 18.1. The van der Waals surface area contributed by atoms with Gasteiger partial charge >= 0.3 is 207 Å². The number of rotatable bonds is 5. The van der Waals surface area contributed by atoms with Crippen LogP contribution in [0.2, 0.25) is 10.5 Å². The Morgan fingerprint density at radius 2 is 1.38 bits per heavy atom. The Balaban J connectivity index is 1.53. The van der Waals surface area contributed by atoms with E-state index in [1.54, 1.807) is 16.7 Å². The molecule has 1 heteroatoms. The molecular weight excluding hydrogens is 469 g/mol. The summed E-state index contributed by atoms with van der Waals surface area (Å²) in [6.07, 6.45) is 7.50. The van der Waals surface area contributed by atoms with Gasteiger partial charge in [0.25, 0.3) is 0 Å². The van der Waals surface area contributed by atoms with Crippen molar-refractivity contribution in [3.8, 4) is 11.1 Å². The van der Waals surface area contributed by atoms with Crippen LogP contribution in [0.3, 0.4) is 0 Å². The van der Waals surface area contributed by atoms with Crippen LogP contribution in [0.1, 0.15) is 52.5 Å². The molecule has 0 saturated heterocycles. The molecule has 2 atom stereocenters. The Morgan fingerprint density at radius 1 is 0.706 bits per heavy atom. The summed E-state index contributed by atoms with van der Waals surface area (Å²) in [5, 5.41) is 5.34. The van der Waals surface area contributed by atoms with E-state index in [4.69, 9.17) is 0 Å². The van der Waals surface area contributed by atoms with Gasteiger partial charge in [0.15, 0.2) is 0 Å². The molecule has 0 amide bonds. The third-order valence-corrected chi connectivity index (χ3v) is 21.9. The van der Waals surface area contributed by atoms with Gasteiger partial charge in [0.1, 0.15) is 0 Å². The number of allylic oxidation sites excluding steroid dienone is 2. The summed E-state index contributed by atoms with van der Waals surface area (Å²) in [7, 11) is 0. The maximum atomic E-state index is 2.57. The van der Waals surface area contributed by atoms with Crippen molar-refractivity contribution in [3.05, 3.63) is 119 Å². The zero-order chi connectivity index (χ0) is 23.3. The SMILES string of the molecule is C[CH2][Ge]([CH2]C)([CH]1C=Cc2ccccc21)[CH]1C(C)=Cc2c(-c3cccc4ccccc34)cccc21. The molecule has 4 aromatic rings. The monoisotopic (exact) mass is 502 g/mol. The third kappa shape index (κ3) is 3.12. The first-order valence-electron chi connectivity index (χ1n) is 12.7. The normalized spacial score (nSPS) is 18.7. The van der Waals surface area contributed by atoms with Crippen LogP contribution in [-0.4, -0.2) is 13.3 Å². The van der Waals surface area contributed by atoms with Crippen LogP contribution in [0.5, 0.6) is 0 Å². The number of fused-ring (bicyclic) bond motifs is 3. The summed E-state index contributed by atoms with van der Waals surface area (Å²) in [5.74, 6) is 0. The molecule has 0 radical (unpaired) electrons. The van der Waals surface area contributed by atoms with Crippen LogP contribution < -0.4 is 0 Å². The van der Waals surface area contributed by atoms with Gasteiger partial charge < -0.3 is 0 Å². The molecule has 168 valence electrons. The molecule has 6 rings (SSSR count). The van der Waals surface area contributed by atoms with Crippen LogP contribution in [0.25, 0.3) is 34.1 Å². The standard InChI is InChI=1S/C33H32Ge/c1-4-34(5-2,32-21-20-25-13-7-9-16-27(25)32)33-23(3)22-31-29(18-11-19-30(31)33)28-17-10-14-24-12-6-8-15-26(24)28/h6-22,32-33H,4-5H2,1-3H3. The minimum absolute atomic E-state index is 0.612. The molecule has 0 N–H and O–H groups in total. The molecule has 0 saturated carbocycles. The van der Waals surface area contributed by atoms with E-state index in [2.05, 4.69) is 124 Å². The van der Waals surface area contributed by atoms with E-state index < -0.39 is 13.3 Å². The molecular formula is C33H32Ge. The van der Waals surface area contributed by atoms with Gasteiger partial charge in [0, 0.05) is 0 Å². The Labute approximate surface area is 206 Å². The van der Waals surface area contributed by atoms with Crippen molar-refractivity contribution in [3.63, 3.8) is 0 Å². The molecule has 0 heterocycles. The van der Waals surface area contributed by atoms with E-state index in [9.17, 15) is 0 Å². The van der Waals surface area contributed by atoms with Gasteiger partial charge in [-0.15, -0.1) is 0 Å². The van der Waals surface area contributed by atoms with Crippen molar-refractivity contribution in [1.82, 2.24) is 0 Å². The van der Waals surface area contributed by atoms with Crippen LogP contribution in [0.4, 0.5) is 0 Å². The second-order valence-electron chi connectivity index (χ2n) is 10.1. The Hall–Kier alpha value is -2.84. The van der Waals surface area contributed by atoms with Gasteiger partial charge in [-0.1, -0.05) is 0 Å². The Morgan fingerprint density at radius 3 is 2.24 bits per heavy atom. The molecule has 0 fully saturated rings. The van der Waals surface area contributed by atoms with E-state index in [1.807, 2.05) is 0 Å². The molecule has 2 aliphatic rings. The van der Waals surface area contributed by atoms with E-state index >= 15 is 0 Å². The fourth-order valence-electron chi connectivity index (χ4n) is 7.04. The van der Waals surface area contributed by atoms with E-state index in [1.165, 1.54) is 43.5 Å². The number of hydrogen-bond acceptors (Lipinski definition) is 0. The quantitative estimate of drug-likeness (QED) is 0.239. The van der Waals surface area contributed by atoms with Crippen molar-refractivity contribution in [2.24, 2.45) is 0 Å². The van der Waals surface area contributed by atoms with Crippen LogP contribution >= 0.6 is 0 Å². The molecule has 34 heavy (non-hydrogen) atoms. The first-order chi connectivity index (χ1) is 16.7. The summed E-state index contributed by atoms with van der Waals surface area (Å²) in [5.41, 5.74) is 10.4.